The van der Waals surface area contributed by atoms with Crippen molar-refractivity contribution < 1.29 is 14.0 Å². The maximum Gasteiger partial charge on any atom is 0.751 e. The Kier molecular flexibility index (Phi) is 5.67. The highest BCUT2D eigenvalue weighted by Crippen LogP contribution is 2.31. The standard InChI is InChI=1S/C14H22BFO2/c1-5-10-9-14(18-15(16)17)13(8-4)12(7-3)11(10)6-2/h9,17H,5-8H2,1-4H3. The van der Waals surface area contributed by atoms with Crippen molar-refractivity contribution in [3.05, 3.63) is 28.3 Å². The molecule has 100 valence electrons. The van der Waals surface area contributed by atoms with Gasteiger partial charge in [0.2, 0.25) is 0 Å². The van der Waals surface area contributed by atoms with Gasteiger partial charge in [-0.1, -0.05) is 27.7 Å². The van der Waals surface area contributed by atoms with Crippen LogP contribution in [0.1, 0.15) is 49.9 Å². The number of rotatable bonds is 6. The third-order valence-corrected chi connectivity index (χ3v) is 3.38. The van der Waals surface area contributed by atoms with Crippen LogP contribution in [0.3, 0.4) is 0 Å². The van der Waals surface area contributed by atoms with Crippen molar-refractivity contribution in [1.82, 2.24) is 0 Å². The molecule has 0 aliphatic carbocycles. The summed E-state index contributed by atoms with van der Waals surface area (Å²) in [5, 5.41) is 8.79. The Labute approximate surface area is 109 Å². The van der Waals surface area contributed by atoms with Crippen LogP contribution in [-0.4, -0.2) is 12.4 Å². The highest BCUT2D eigenvalue weighted by molar-refractivity contribution is 6.34. The number of benzene rings is 1. The highest BCUT2D eigenvalue weighted by atomic mass is 19.1. The molecule has 18 heavy (non-hydrogen) atoms. The van der Waals surface area contributed by atoms with Crippen LogP contribution in [0.15, 0.2) is 6.07 Å². The molecule has 1 aromatic carbocycles. The number of hydrogen-bond donors (Lipinski definition) is 1. The van der Waals surface area contributed by atoms with E-state index in [0.717, 1.165) is 31.2 Å². The monoisotopic (exact) mass is 252 g/mol. The lowest BCUT2D eigenvalue weighted by molar-refractivity contribution is 0.347. The molecule has 0 atom stereocenters. The molecule has 0 radical (unpaired) electrons. The second-order valence-electron chi connectivity index (χ2n) is 4.29. The van der Waals surface area contributed by atoms with E-state index in [1.165, 1.54) is 16.7 Å². The Hall–Kier alpha value is -1.03. The van der Waals surface area contributed by atoms with Crippen LogP contribution in [0.4, 0.5) is 4.32 Å². The Morgan fingerprint density at radius 1 is 1.00 bits per heavy atom. The summed E-state index contributed by atoms with van der Waals surface area (Å²) in [6.07, 6.45) is 3.54. The number of aryl methyl sites for hydroxylation is 1. The van der Waals surface area contributed by atoms with Gasteiger partial charge in [0, 0.05) is 0 Å². The van der Waals surface area contributed by atoms with Crippen LogP contribution in [0, 0.1) is 0 Å². The number of halogens is 1. The fraction of sp³-hybridized carbons (Fsp3) is 0.571. The summed E-state index contributed by atoms with van der Waals surface area (Å²) in [7, 11) is -2.25. The van der Waals surface area contributed by atoms with E-state index in [-0.39, 0.29) is 0 Å². The molecular weight excluding hydrogens is 230 g/mol. The maximum absolute atomic E-state index is 12.7. The van der Waals surface area contributed by atoms with Gasteiger partial charge in [0.15, 0.2) is 0 Å². The van der Waals surface area contributed by atoms with Gasteiger partial charge < -0.3 is 9.68 Å². The molecule has 0 saturated heterocycles. The van der Waals surface area contributed by atoms with Gasteiger partial charge in [-0.15, -0.1) is 0 Å². The maximum atomic E-state index is 12.7. The van der Waals surface area contributed by atoms with E-state index < -0.39 is 7.40 Å². The Bertz CT molecular complexity index is 405. The molecule has 0 aromatic heterocycles. The van der Waals surface area contributed by atoms with E-state index in [1.54, 1.807) is 0 Å². The van der Waals surface area contributed by atoms with E-state index in [1.807, 2.05) is 13.0 Å². The Morgan fingerprint density at radius 3 is 1.94 bits per heavy atom. The molecule has 2 nitrogen and oxygen atoms in total. The Balaban J connectivity index is 3.42. The van der Waals surface area contributed by atoms with Gasteiger partial charge in [-0.05, 0) is 54.0 Å². The predicted octanol–water partition coefficient (Wildman–Crippen LogP) is 3.26. The largest absolute Gasteiger partial charge is 0.751 e. The van der Waals surface area contributed by atoms with Crippen LogP contribution < -0.4 is 4.65 Å². The van der Waals surface area contributed by atoms with E-state index in [0.29, 0.717) is 5.75 Å². The first-order valence-electron chi connectivity index (χ1n) is 6.74. The molecule has 0 bridgehead atoms. The zero-order chi connectivity index (χ0) is 13.7. The molecule has 0 spiro atoms. The topological polar surface area (TPSA) is 29.5 Å². The number of hydrogen-bond acceptors (Lipinski definition) is 2. The predicted molar refractivity (Wildman–Crippen MR) is 73.7 cm³/mol. The average molecular weight is 252 g/mol. The Morgan fingerprint density at radius 2 is 1.56 bits per heavy atom. The van der Waals surface area contributed by atoms with Crippen molar-refractivity contribution in [1.29, 1.82) is 0 Å². The van der Waals surface area contributed by atoms with E-state index in [2.05, 4.69) is 20.8 Å². The summed E-state index contributed by atoms with van der Waals surface area (Å²) in [5.41, 5.74) is 4.79. The molecule has 0 heterocycles. The fourth-order valence-electron chi connectivity index (χ4n) is 2.64. The average Bonchev–Trinajstić information content (AvgIpc) is 2.36. The first-order chi connectivity index (χ1) is 8.58. The molecule has 0 saturated carbocycles. The lowest BCUT2D eigenvalue weighted by atomic mass is 9.89. The molecule has 0 aliphatic heterocycles. The summed E-state index contributed by atoms with van der Waals surface area (Å²) in [6.45, 7) is 8.34. The molecule has 0 aliphatic rings. The van der Waals surface area contributed by atoms with E-state index in [9.17, 15) is 4.32 Å². The van der Waals surface area contributed by atoms with Crippen molar-refractivity contribution >= 4 is 7.40 Å². The second kappa shape index (κ2) is 6.79. The van der Waals surface area contributed by atoms with Gasteiger partial charge >= 0.3 is 7.40 Å². The zero-order valence-electron chi connectivity index (χ0n) is 11.7. The molecule has 1 rings (SSSR count). The zero-order valence-corrected chi connectivity index (χ0v) is 11.7. The lowest BCUT2D eigenvalue weighted by Gasteiger charge is -2.20. The third-order valence-electron chi connectivity index (χ3n) is 3.38. The highest BCUT2D eigenvalue weighted by Gasteiger charge is 2.20. The van der Waals surface area contributed by atoms with Crippen LogP contribution in [0.5, 0.6) is 5.75 Å². The summed E-state index contributed by atoms with van der Waals surface area (Å²) < 4.78 is 17.6. The van der Waals surface area contributed by atoms with Gasteiger partial charge in [0.05, 0.1) is 0 Å². The third kappa shape index (κ3) is 3.05. The summed E-state index contributed by atoms with van der Waals surface area (Å²) >= 11 is 0. The van der Waals surface area contributed by atoms with Crippen molar-refractivity contribution in [2.24, 2.45) is 0 Å². The van der Waals surface area contributed by atoms with Crippen LogP contribution in [-0.2, 0) is 25.7 Å². The first kappa shape index (κ1) is 15.0. The van der Waals surface area contributed by atoms with Crippen LogP contribution in [0.2, 0.25) is 0 Å². The molecule has 0 fully saturated rings. The van der Waals surface area contributed by atoms with Gasteiger partial charge in [0.1, 0.15) is 5.75 Å². The summed E-state index contributed by atoms with van der Waals surface area (Å²) in [5.74, 6) is 0.485. The second-order valence-corrected chi connectivity index (χ2v) is 4.29. The van der Waals surface area contributed by atoms with Gasteiger partial charge in [-0.2, -0.15) is 0 Å². The van der Waals surface area contributed by atoms with Crippen molar-refractivity contribution in [2.75, 3.05) is 0 Å². The normalized spacial score (nSPS) is 10.6. The van der Waals surface area contributed by atoms with Crippen molar-refractivity contribution in [3.8, 4) is 5.75 Å². The fourth-order valence-corrected chi connectivity index (χ4v) is 2.64. The molecule has 1 aromatic rings. The molecule has 0 unspecified atom stereocenters. The van der Waals surface area contributed by atoms with Crippen LogP contribution in [0.25, 0.3) is 0 Å². The smallest absolute Gasteiger partial charge is 0.508 e. The summed E-state index contributed by atoms with van der Waals surface area (Å²) in [4.78, 5) is 0. The minimum Gasteiger partial charge on any atom is -0.508 e. The lowest BCUT2D eigenvalue weighted by Crippen LogP contribution is -2.17. The van der Waals surface area contributed by atoms with Crippen LogP contribution >= 0.6 is 0 Å². The first-order valence-corrected chi connectivity index (χ1v) is 6.74. The minimum absolute atomic E-state index is 0.485. The van der Waals surface area contributed by atoms with Gasteiger partial charge in [0.25, 0.3) is 0 Å². The minimum atomic E-state index is -2.25. The molecule has 0 amide bonds. The summed E-state index contributed by atoms with van der Waals surface area (Å²) in [6, 6.07) is 1.87. The van der Waals surface area contributed by atoms with E-state index >= 15 is 0 Å². The quantitative estimate of drug-likeness (QED) is 0.787. The molecular formula is C14H22BFO2. The molecule has 1 N–H and O–H groups in total. The molecule has 4 heteroatoms. The van der Waals surface area contributed by atoms with Crippen molar-refractivity contribution in [2.45, 2.75) is 53.4 Å². The van der Waals surface area contributed by atoms with E-state index in [4.69, 9.17) is 9.68 Å². The van der Waals surface area contributed by atoms with Crippen molar-refractivity contribution in [3.63, 3.8) is 0 Å². The SMILES string of the molecule is CCc1cc(OB(O)F)c(CC)c(CC)c1CC. The van der Waals surface area contributed by atoms with Gasteiger partial charge in [-0.25, -0.2) is 4.32 Å². The van der Waals surface area contributed by atoms with Gasteiger partial charge in [-0.3, -0.25) is 0 Å².